The van der Waals surface area contributed by atoms with Gasteiger partial charge in [-0.15, -0.1) is 0 Å². The zero-order valence-corrected chi connectivity index (χ0v) is 16.0. The number of carboxylic acid groups (broad SMARTS) is 1. The lowest BCUT2D eigenvalue weighted by Gasteiger charge is -2.45. The minimum absolute atomic E-state index is 0.214. The molecule has 0 radical (unpaired) electrons. The minimum atomic E-state index is -2.85. The van der Waals surface area contributed by atoms with E-state index in [0.29, 0.717) is 6.42 Å². The van der Waals surface area contributed by atoms with Crippen molar-refractivity contribution in [2.24, 2.45) is 5.73 Å². The highest BCUT2D eigenvalue weighted by molar-refractivity contribution is 8.25. The molecule has 1 aliphatic rings. The largest absolute Gasteiger partial charge is 0.478 e. The number of hydrogen-bond acceptors (Lipinski definition) is 4. The first-order valence-corrected chi connectivity index (χ1v) is 10.1. The van der Waals surface area contributed by atoms with E-state index in [1.54, 1.807) is 38.1 Å². The number of allylic oxidation sites excluding steroid dienone is 6. The first kappa shape index (κ1) is 20.0. The molecular weight excluding hydrogens is 350 g/mol. The molecule has 0 heterocycles. The van der Waals surface area contributed by atoms with Crippen molar-refractivity contribution in [2.75, 3.05) is 6.26 Å². The van der Waals surface area contributed by atoms with Crippen LogP contribution >= 0.6 is 10.6 Å². The fourth-order valence-electron chi connectivity index (χ4n) is 2.65. The molecule has 0 atom stereocenters. The van der Waals surface area contributed by atoms with Crippen molar-refractivity contribution in [1.82, 2.24) is 0 Å². The van der Waals surface area contributed by atoms with Crippen molar-refractivity contribution in [3.63, 3.8) is 0 Å². The summed E-state index contributed by atoms with van der Waals surface area (Å²) in [6, 6.07) is 6.74. The number of benzene rings is 1. The monoisotopic (exact) mass is 375 g/mol. The molecule has 1 aromatic rings. The molecule has 0 fully saturated rings. The summed E-state index contributed by atoms with van der Waals surface area (Å²) >= 11 is 0. The Morgan fingerprint density at radius 3 is 2.54 bits per heavy atom. The summed E-state index contributed by atoms with van der Waals surface area (Å²) in [6.45, 7) is 3.58. The predicted molar refractivity (Wildman–Crippen MR) is 108 cm³/mol. The summed E-state index contributed by atoms with van der Waals surface area (Å²) in [7, 11) is -2.85. The lowest BCUT2D eigenvalue weighted by Crippen LogP contribution is -2.30. The summed E-state index contributed by atoms with van der Waals surface area (Å²) in [5.41, 5.74) is 9.09. The van der Waals surface area contributed by atoms with Crippen LogP contribution in [0.1, 0.15) is 36.2 Å². The van der Waals surface area contributed by atoms with E-state index in [4.69, 9.17) is 5.73 Å². The second-order valence-corrected chi connectivity index (χ2v) is 9.49. The topological polar surface area (TPSA) is 104 Å². The van der Waals surface area contributed by atoms with E-state index in [1.807, 2.05) is 24.3 Å². The van der Waals surface area contributed by atoms with Gasteiger partial charge >= 0.3 is 5.97 Å². The fourth-order valence-corrected chi connectivity index (χ4v) is 3.21. The molecule has 0 saturated carbocycles. The zero-order valence-electron chi connectivity index (χ0n) is 15.1. The van der Waals surface area contributed by atoms with E-state index < -0.39 is 21.3 Å². The number of aromatic carboxylic acids is 1. The molecule has 0 unspecified atom stereocenters. The van der Waals surface area contributed by atoms with Gasteiger partial charge in [-0.05, 0) is 67.0 Å². The highest BCUT2D eigenvalue weighted by atomic mass is 32.3. The Bertz CT molecular complexity index is 826. The van der Waals surface area contributed by atoms with E-state index in [-0.39, 0.29) is 5.56 Å². The van der Waals surface area contributed by atoms with Gasteiger partial charge in [0.1, 0.15) is 0 Å². The van der Waals surface area contributed by atoms with E-state index in [0.717, 1.165) is 22.3 Å². The van der Waals surface area contributed by atoms with Gasteiger partial charge in [0.05, 0.1) is 10.3 Å². The van der Waals surface area contributed by atoms with Crippen LogP contribution in [0.4, 0.5) is 0 Å². The maximum absolute atomic E-state index is 11.3. The fraction of sp³-hybridized carbons (Fsp3) is 0.250. The van der Waals surface area contributed by atoms with Crippen LogP contribution in [0.5, 0.6) is 0 Å². The van der Waals surface area contributed by atoms with Crippen LogP contribution in [0.2, 0.25) is 0 Å². The molecule has 2 rings (SSSR count). The Hall–Kier alpha value is -2.28. The van der Waals surface area contributed by atoms with Gasteiger partial charge in [0.2, 0.25) is 0 Å². The maximum atomic E-state index is 11.3. The summed E-state index contributed by atoms with van der Waals surface area (Å²) in [5.74, 6) is -0.982. The molecule has 140 valence electrons. The van der Waals surface area contributed by atoms with E-state index in [9.17, 15) is 19.0 Å². The predicted octanol–water partition coefficient (Wildman–Crippen LogP) is 4.66. The summed E-state index contributed by atoms with van der Waals surface area (Å²) in [6.07, 6.45) is 10.9. The molecule has 5 nitrogen and oxygen atoms in total. The lowest BCUT2D eigenvalue weighted by atomic mass is 9.85. The van der Waals surface area contributed by atoms with Crippen molar-refractivity contribution >= 4 is 22.1 Å². The first-order valence-electron chi connectivity index (χ1n) is 8.13. The van der Waals surface area contributed by atoms with Gasteiger partial charge in [0.25, 0.3) is 0 Å². The molecule has 1 aromatic carbocycles. The number of hydrogen-bond donors (Lipinski definition) is 4. The second kappa shape index (κ2) is 7.53. The van der Waals surface area contributed by atoms with Crippen LogP contribution in [-0.4, -0.2) is 31.2 Å². The first-order chi connectivity index (χ1) is 12.1. The second-order valence-electron chi connectivity index (χ2n) is 6.80. The molecule has 0 spiro atoms. The van der Waals surface area contributed by atoms with Crippen molar-refractivity contribution in [2.45, 2.75) is 25.0 Å². The standard InChI is InChI=1S/C20H25NO4S/c1-20(2,26(3,24)25)18-11-14(6-5-9-21)10-17(13-18)15-7-4-8-16(12-15)19(22)23/h4-9,11-13,24-25H,10,21H2,1-3H3,(H,22,23)/b9-5-,14-6+. The number of nitrogens with two attached hydrogens (primary N) is 1. The normalized spacial score (nSPS) is 18.0. The van der Waals surface area contributed by atoms with Crippen LogP contribution < -0.4 is 5.73 Å². The Labute approximate surface area is 155 Å². The Kier molecular flexibility index (Phi) is 5.81. The van der Waals surface area contributed by atoms with E-state index in [1.165, 1.54) is 12.5 Å². The maximum Gasteiger partial charge on any atom is 0.335 e. The molecule has 1 aliphatic carbocycles. The molecule has 6 heteroatoms. The molecule has 0 aromatic heterocycles. The molecule has 26 heavy (non-hydrogen) atoms. The van der Waals surface area contributed by atoms with Gasteiger partial charge in [-0.2, -0.15) is 10.6 Å². The average molecular weight is 375 g/mol. The minimum Gasteiger partial charge on any atom is -0.478 e. The van der Waals surface area contributed by atoms with Crippen LogP contribution in [-0.2, 0) is 0 Å². The number of carbonyl (C=O) groups is 1. The number of carboxylic acids is 1. The van der Waals surface area contributed by atoms with Gasteiger partial charge in [-0.25, -0.2) is 4.79 Å². The van der Waals surface area contributed by atoms with E-state index in [2.05, 4.69) is 0 Å². The Morgan fingerprint density at radius 1 is 1.27 bits per heavy atom. The van der Waals surface area contributed by atoms with Gasteiger partial charge in [-0.3, -0.25) is 9.11 Å². The molecule has 0 saturated heterocycles. The van der Waals surface area contributed by atoms with Crippen LogP contribution in [0, 0.1) is 0 Å². The third kappa shape index (κ3) is 4.27. The lowest BCUT2D eigenvalue weighted by molar-refractivity contribution is 0.0697. The Balaban J connectivity index is 2.58. The van der Waals surface area contributed by atoms with Crippen molar-refractivity contribution < 1.29 is 19.0 Å². The highest BCUT2D eigenvalue weighted by Gasteiger charge is 2.35. The highest BCUT2D eigenvalue weighted by Crippen LogP contribution is 2.54. The van der Waals surface area contributed by atoms with Crippen molar-refractivity contribution in [1.29, 1.82) is 0 Å². The third-order valence-electron chi connectivity index (χ3n) is 4.63. The van der Waals surface area contributed by atoms with Gasteiger partial charge in [-0.1, -0.05) is 30.4 Å². The van der Waals surface area contributed by atoms with Gasteiger partial charge in [0.15, 0.2) is 0 Å². The van der Waals surface area contributed by atoms with Gasteiger partial charge < -0.3 is 10.8 Å². The number of rotatable bonds is 5. The summed E-state index contributed by atoms with van der Waals surface area (Å²) in [5, 5.41) is 9.24. The summed E-state index contributed by atoms with van der Waals surface area (Å²) in [4.78, 5) is 11.3. The van der Waals surface area contributed by atoms with Crippen molar-refractivity contribution in [3.05, 3.63) is 77.0 Å². The van der Waals surface area contributed by atoms with Crippen LogP contribution in [0.25, 0.3) is 5.57 Å². The summed E-state index contributed by atoms with van der Waals surface area (Å²) < 4.78 is 19.7. The molecular formula is C20H25NO4S. The zero-order chi connectivity index (χ0) is 19.5. The van der Waals surface area contributed by atoms with Gasteiger partial charge in [0, 0.05) is 6.26 Å². The third-order valence-corrected chi connectivity index (χ3v) is 6.80. The smallest absolute Gasteiger partial charge is 0.335 e. The molecule has 0 bridgehead atoms. The van der Waals surface area contributed by atoms with E-state index >= 15 is 0 Å². The molecule has 5 N–H and O–H groups in total. The van der Waals surface area contributed by atoms with Crippen molar-refractivity contribution in [3.8, 4) is 0 Å². The average Bonchev–Trinajstić information content (AvgIpc) is 2.58. The molecule has 0 aliphatic heterocycles. The quantitative estimate of drug-likeness (QED) is 0.599. The van der Waals surface area contributed by atoms with Crippen LogP contribution in [0.15, 0.2) is 65.9 Å². The SMILES string of the molecule is CC(C)(C1=C/C(=C/C=C\N)CC(c2cccc(C(=O)O)c2)=C1)S(C)(O)O. The Morgan fingerprint density at radius 2 is 1.96 bits per heavy atom. The molecule has 0 amide bonds. The van der Waals surface area contributed by atoms with Crippen LogP contribution in [0.3, 0.4) is 0 Å².